The van der Waals surface area contributed by atoms with E-state index in [1.807, 2.05) is 24.8 Å². The first-order chi connectivity index (χ1) is 14.1. The fourth-order valence-corrected chi connectivity index (χ4v) is 3.89. The lowest BCUT2D eigenvalue weighted by Crippen LogP contribution is -2.25. The van der Waals surface area contributed by atoms with Crippen molar-refractivity contribution in [1.82, 2.24) is 4.90 Å². The monoisotopic (exact) mass is 389 g/mol. The number of carbonyl (C=O) groups is 1. The van der Waals surface area contributed by atoms with Gasteiger partial charge < -0.3 is 14.1 Å². The molecule has 1 amide bonds. The van der Waals surface area contributed by atoms with Gasteiger partial charge in [0, 0.05) is 41.7 Å². The second-order valence-electron chi connectivity index (χ2n) is 7.65. The van der Waals surface area contributed by atoms with Crippen LogP contribution in [0, 0.1) is 6.92 Å². The molecular formula is C25H27NO3. The van der Waals surface area contributed by atoms with Gasteiger partial charge in [0.25, 0.3) is 0 Å². The number of nitrogens with zero attached hydrogens (tertiary/aromatic N) is 1. The van der Waals surface area contributed by atoms with Crippen molar-refractivity contribution in [3.8, 4) is 16.9 Å². The molecule has 0 N–H and O–H groups in total. The molecule has 0 bridgehead atoms. The summed E-state index contributed by atoms with van der Waals surface area (Å²) in [7, 11) is 0. The van der Waals surface area contributed by atoms with Crippen LogP contribution in [0.4, 0.5) is 0 Å². The second-order valence-corrected chi connectivity index (χ2v) is 7.65. The number of carbonyl (C=O) groups excluding carboxylic acids is 1. The van der Waals surface area contributed by atoms with Crippen LogP contribution < -0.4 is 4.74 Å². The minimum absolute atomic E-state index is 0.0773. The highest BCUT2D eigenvalue weighted by Gasteiger charge is 2.18. The topological polar surface area (TPSA) is 42.7 Å². The number of ether oxygens (including phenoxy) is 1. The predicted octanol–water partition coefficient (Wildman–Crippen LogP) is 5.83. The number of fused-ring (bicyclic) bond motifs is 1. The summed E-state index contributed by atoms with van der Waals surface area (Å²) in [6.45, 7) is 8.26. The smallest absolute Gasteiger partial charge is 0.246 e. The zero-order chi connectivity index (χ0) is 20.4. The number of amides is 1. The van der Waals surface area contributed by atoms with Crippen molar-refractivity contribution in [2.45, 2.75) is 33.6 Å². The Kier molecular flexibility index (Phi) is 5.43. The Morgan fingerprint density at radius 2 is 1.90 bits per heavy atom. The molecule has 1 aliphatic heterocycles. The first kappa shape index (κ1) is 19.3. The van der Waals surface area contributed by atoms with Crippen molar-refractivity contribution in [2.24, 2.45) is 0 Å². The molecule has 150 valence electrons. The molecule has 3 aromatic rings. The Balaban J connectivity index is 1.78. The summed E-state index contributed by atoms with van der Waals surface area (Å²) in [6.07, 6.45) is 5.71. The molecule has 0 saturated carbocycles. The van der Waals surface area contributed by atoms with E-state index < -0.39 is 0 Å². The number of likely N-dealkylation sites (tertiary alicyclic amines) is 1. The minimum Gasteiger partial charge on any atom is -0.493 e. The van der Waals surface area contributed by atoms with Crippen LogP contribution in [0.1, 0.15) is 37.8 Å². The highest BCUT2D eigenvalue weighted by molar-refractivity contribution is 6.00. The molecular weight excluding hydrogens is 362 g/mol. The van der Waals surface area contributed by atoms with E-state index in [9.17, 15) is 4.79 Å². The summed E-state index contributed by atoms with van der Waals surface area (Å²) in [5.41, 5.74) is 6.00. The third-order valence-electron chi connectivity index (χ3n) is 5.52. The Labute approximate surface area is 171 Å². The van der Waals surface area contributed by atoms with E-state index in [1.54, 1.807) is 12.3 Å². The SMILES string of the molecule is CCOc1cc2occ(-c3ccc(C)cc3)c2cc1/C(C)=C/C(=O)N1CCCC1. The van der Waals surface area contributed by atoms with Crippen LogP contribution >= 0.6 is 0 Å². The van der Waals surface area contributed by atoms with Crippen LogP contribution in [0.15, 0.2) is 53.2 Å². The molecule has 0 unspecified atom stereocenters. The normalized spacial score (nSPS) is 14.6. The maximum atomic E-state index is 12.6. The fraction of sp³-hybridized carbons (Fsp3) is 0.320. The first-order valence-corrected chi connectivity index (χ1v) is 10.3. The van der Waals surface area contributed by atoms with E-state index >= 15 is 0 Å². The third kappa shape index (κ3) is 3.93. The molecule has 0 radical (unpaired) electrons. The van der Waals surface area contributed by atoms with Crippen LogP contribution in [-0.4, -0.2) is 30.5 Å². The quantitative estimate of drug-likeness (QED) is 0.515. The molecule has 29 heavy (non-hydrogen) atoms. The van der Waals surface area contributed by atoms with Gasteiger partial charge in [-0.1, -0.05) is 29.8 Å². The van der Waals surface area contributed by atoms with Crippen LogP contribution in [0.2, 0.25) is 0 Å². The number of hydrogen-bond donors (Lipinski definition) is 0. The Bertz CT molecular complexity index is 1050. The summed E-state index contributed by atoms with van der Waals surface area (Å²) in [5.74, 6) is 0.821. The van der Waals surface area contributed by atoms with Gasteiger partial charge in [0.05, 0.1) is 12.9 Å². The number of hydrogen-bond acceptors (Lipinski definition) is 3. The molecule has 1 saturated heterocycles. The molecule has 1 fully saturated rings. The maximum Gasteiger partial charge on any atom is 0.246 e. The van der Waals surface area contributed by atoms with Crippen molar-refractivity contribution >= 4 is 22.4 Å². The van der Waals surface area contributed by atoms with E-state index in [0.717, 1.165) is 64.9 Å². The molecule has 0 spiro atoms. The van der Waals surface area contributed by atoms with Crippen molar-refractivity contribution in [3.63, 3.8) is 0 Å². The molecule has 0 atom stereocenters. The Morgan fingerprint density at radius 3 is 2.59 bits per heavy atom. The van der Waals surface area contributed by atoms with Crippen LogP contribution in [0.25, 0.3) is 27.7 Å². The average Bonchev–Trinajstić information content (AvgIpc) is 3.38. The van der Waals surface area contributed by atoms with E-state index in [4.69, 9.17) is 9.15 Å². The van der Waals surface area contributed by atoms with E-state index in [2.05, 4.69) is 37.3 Å². The van der Waals surface area contributed by atoms with Crippen LogP contribution in [-0.2, 0) is 4.79 Å². The Hall–Kier alpha value is -3.01. The molecule has 2 aromatic carbocycles. The van der Waals surface area contributed by atoms with Gasteiger partial charge in [-0.3, -0.25) is 4.79 Å². The highest BCUT2D eigenvalue weighted by atomic mass is 16.5. The average molecular weight is 389 g/mol. The Morgan fingerprint density at radius 1 is 1.17 bits per heavy atom. The van der Waals surface area contributed by atoms with Gasteiger partial charge in [0.2, 0.25) is 5.91 Å². The number of rotatable bonds is 5. The summed E-state index contributed by atoms with van der Waals surface area (Å²) in [5, 5.41) is 1.02. The van der Waals surface area contributed by atoms with Crippen molar-refractivity contribution < 1.29 is 13.9 Å². The van der Waals surface area contributed by atoms with Gasteiger partial charge in [-0.25, -0.2) is 0 Å². The van der Waals surface area contributed by atoms with Crippen molar-refractivity contribution in [3.05, 3.63) is 59.9 Å². The van der Waals surface area contributed by atoms with E-state index in [-0.39, 0.29) is 5.91 Å². The summed E-state index contributed by atoms with van der Waals surface area (Å²) in [6, 6.07) is 12.4. The number of benzene rings is 2. The lowest BCUT2D eigenvalue weighted by atomic mass is 9.98. The van der Waals surface area contributed by atoms with Gasteiger partial charge in [-0.15, -0.1) is 0 Å². The number of aryl methyl sites for hydroxylation is 1. The number of furan rings is 1. The van der Waals surface area contributed by atoms with Gasteiger partial charge >= 0.3 is 0 Å². The summed E-state index contributed by atoms with van der Waals surface area (Å²) < 4.78 is 11.7. The van der Waals surface area contributed by atoms with Crippen molar-refractivity contribution in [2.75, 3.05) is 19.7 Å². The maximum absolute atomic E-state index is 12.6. The van der Waals surface area contributed by atoms with E-state index in [0.29, 0.717) is 6.61 Å². The standard InChI is InChI=1S/C25H27NO3/c1-4-28-23-15-24-21(22(16-29-24)19-9-7-17(2)8-10-19)14-20(23)18(3)13-25(27)26-11-5-6-12-26/h7-10,13-16H,4-6,11-12H2,1-3H3/b18-13+. The summed E-state index contributed by atoms with van der Waals surface area (Å²) in [4.78, 5) is 14.5. The van der Waals surface area contributed by atoms with Gasteiger partial charge in [0.1, 0.15) is 11.3 Å². The van der Waals surface area contributed by atoms with Crippen molar-refractivity contribution in [1.29, 1.82) is 0 Å². The highest BCUT2D eigenvalue weighted by Crippen LogP contribution is 2.37. The minimum atomic E-state index is 0.0773. The van der Waals surface area contributed by atoms with Crippen LogP contribution in [0.5, 0.6) is 5.75 Å². The van der Waals surface area contributed by atoms with Gasteiger partial charge in [-0.05, 0) is 50.8 Å². The zero-order valence-corrected chi connectivity index (χ0v) is 17.3. The lowest BCUT2D eigenvalue weighted by Gasteiger charge is -2.15. The first-order valence-electron chi connectivity index (χ1n) is 10.3. The largest absolute Gasteiger partial charge is 0.493 e. The van der Waals surface area contributed by atoms with Gasteiger partial charge in [0.15, 0.2) is 0 Å². The fourth-order valence-electron chi connectivity index (χ4n) is 3.89. The molecule has 4 heteroatoms. The molecule has 1 aromatic heterocycles. The zero-order valence-electron chi connectivity index (χ0n) is 17.3. The molecule has 0 aliphatic carbocycles. The number of allylic oxidation sites excluding steroid dienone is 1. The van der Waals surface area contributed by atoms with E-state index in [1.165, 1.54) is 5.56 Å². The van der Waals surface area contributed by atoms with Gasteiger partial charge in [-0.2, -0.15) is 0 Å². The molecule has 2 heterocycles. The third-order valence-corrected chi connectivity index (χ3v) is 5.52. The summed E-state index contributed by atoms with van der Waals surface area (Å²) >= 11 is 0. The molecule has 1 aliphatic rings. The molecule has 4 nitrogen and oxygen atoms in total. The molecule has 4 rings (SSSR count). The lowest BCUT2D eigenvalue weighted by molar-refractivity contribution is -0.124. The second kappa shape index (κ2) is 8.16. The predicted molar refractivity (Wildman–Crippen MR) is 117 cm³/mol. The van der Waals surface area contributed by atoms with Crippen LogP contribution in [0.3, 0.4) is 0 Å².